The van der Waals surface area contributed by atoms with E-state index < -0.39 is 26.5 Å². The van der Waals surface area contributed by atoms with Crippen molar-refractivity contribution in [3.8, 4) is 0 Å². The first-order valence-electron chi connectivity index (χ1n) is 39.9. The van der Waals surface area contributed by atoms with Crippen molar-refractivity contribution in [2.24, 2.45) is 0 Å². The van der Waals surface area contributed by atoms with Crippen molar-refractivity contribution >= 4 is 19.8 Å². The number of allylic oxidation sites excluding steroid dienone is 16. The number of carbonyl (C=O) groups is 2. The largest absolute Gasteiger partial charge is 0.756 e. The Labute approximate surface area is 583 Å². The number of carbonyl (C=O) groups excluding carboxylic acids is 2. The average Bonchev–Trinajstić information content (AvgIpc) is 1.56. The lowest BCUT2D eigenvalue weighted by Crippen LogP contribution is -2.37. The molecule has 0 aromatic rings. The van der Waals surface area contributed by atoms with Gasteiger partial charge in [-0.15, -0.1) is 0 Å². The van der Waals surface area contributed by atoms with Crippen LogP contribution in [-0.4, -0.2) is 70.0 Å². The number of phosphoric ester groups is 1. The second-order valence-corrected chi connectivity index (χ2v) is 29.4. The van der Waals surface area contributed by atoms with Crippen LogP contribution in [0, 0.1) is 0 Å². The molecule has 0 aliphatic heterocycles. The van der Waals surface area contributed by atoms with Crippen molar-refractivity contribution in [3.63, 3.8) is 0 Å². The molecule has 0 saturated heterocycles. The number of hydrogen-bond donors (Lipinski definition) is 0. The molecule has 0 N–H and O–H groups in total. The lowest BCUT2D eigenvalue weighted by atomic mass is 10.0. The highest BCUT2D eigenvalue weighted by atomic mass is 31.2. The van der Waals surface area contributed by atoms with Crippen LogP contribution in [0.5, 0.6) is 0 Å². The molecule has 546 valence electrons. The highest BCUT2D eigenvalue weighted by molar-refractivity contribution is 7.45. The van der Waals surface area contributed by atoms with E-state index in [0.717, 1.165) is 83.5 Å². The van der Waals surface area contributed by atoms with E-state index in [0.29, 0.717) is 17.4 Å². The molecule has 0 aromatic carbocycles. The summed E-state index contributed by atoms with van der Waals surface area (Å²) in [6, 6.07) is 0. The molecular weight excluding hydrogens is 1180 g/mol. The standard InChI is InChI=1S/C84H152NO8P/c1-6-8-10-12-14-16-18-20-22-24-26-28-30-32-34-36-38-39-40-41-42-43-44-45-47-49-51-53-55-57-59-61-63-65-67-69-71-73-75-77-84(87)93-82(81-92-94(88,89)91-79-78-85(3,4)5)80-90-83(86)76-74-72-70-68-66-64-62-60-58-56-54-52-50-48-46-37-35-33-31-29-27-25-23-21-19-17-15-13-11-9-7-2/h8-11,14-17,20-23,26-29,82H,6-7,12-13,18-19,24-25,30-81H2,1-5H3/b10-8-,11-9-,16-14-,17-15-,22-20-,23-21-,28-26-,29-27-. The molecule has 0 aromatic heterocycles. The summed E-state index contributed by atoms with van der Waals surface area (Å²) in [6.45, 7) is 4.07. The maximum absolute atomic E-state index is 12.9. The van der Waals surface area contributed by atoms with Crippen molar-refractivity contribution in [1.82, 2.24) is 0 Å². The fourth-order valence-electron chi connectivity index (χ4n) is 11.6. The normalized spacial score (nSPS) is 13.6. The minimum absolute atomic E-state index is 0.0303. The zero-order chi connectivity index (χ0) is 68.3. The summed E-state index contributed by atoms with van der Waals surface area (Å²) in [4.78, 5) is 38.2. The first-order chi connectivity index (χ1) is 46.0. The Morgan fingerprint density at radius 3 is 0.851 bits per heavy atom. The molecule has 0 fully saturated rings. The number of likely N-dealkylation sites (N-methyl/N-ethyl adjacent to an activating group) is 1. The number of nitrogens with zero attached hydrogens (tertiary/aromatic N) is 1. The molecule has 0 heterocycles. The lowest BCUT2D eigenvalue weighted by Gasteiger charge is -2.28. The topological polar surface area (TPSA) is 111 Å². The fourth-order valence-corrected chi connectivity index (χ4v) is 12.3. The third-order valence-electron chi connectivity index (χ3n) is 17.6. The van der Waals surface area contributed by atoms with Gasteiger partial charge in [0.1, 0.15) is 19.8 Å². The number of esters is 2. The Morgan fingerprint density at radius 1 is 0.330 bits per heavy atom. The molecule has 0 bridgehead atoms. The van der Waals surface area contributed by atoms with Gasteiger partial charge in [0.05, 0.1) is 27.7 Å². The molecule has 2 atom stereocenters. The van der Waals surface area contributed by atoms with Crippen LogP contribution in [0.3, 0.4) is 0 Å². The molecule has 0 aliphatic carbocycles. The van der Waals surface area contributed by atoms with Crippen LogP contribution < -0.4 is 4.89 Å². The molecular formula is C84H152NO8P. The highest BCUT2D eigenvalue weighted by Crippen LogP contribution is 2.38. The second kappa shape index (κ2) is 74.2. The number of phosphoric acid groups is 1. The molecule has 0 radical (unpaired) electrons. The molecule has 0 aliphatic rings. The highest BCUT2D eigenvalue weighted by Gasteiger charge is 2.22. The van der Waals surface area contributed by atoms with Crippen LogP contribution in [0.4, 0.5) is 0 Å². The van der Waals surface area contributed by atoms with Crippen molar-refractivity contribution in [2.75, 3.05) is 47.5 Å². The monoisotopic (exact) mass is 1330 g/mol. The predicted octanol–water partition coefficient (Wildman–Crippen LogP) is 26.0. The summed E-state index contributed by atoms with van der Waals surface area (Å²) in [6.07, 6.45) is 104. The Bertz CT molecular complexity index is 1910. The van der Waals surface area contributed by atoms with Crippen LogP contribution in [-0.2, 0) is 32.7 Å². The van der Waals surface area contributed by atoms with Crippen LogP contribution in [0.25, 0.3) is 0 Å². The maximum atomic E-state index is 12.9. The minimum atomic E-state index is -4.65. The third-order valence-corrected chi connectivity index (χ3v) is 18.6. The van der Waals surface area contributed by atoms with Crippen molar-refractivity contribution < 1.29 is 42.1 Å². The second-order valence-electron chi connectivity index (χ2n) is 28.0. The molecule has 94 heavy (non-hydrogen) atoms. The third kappa shape index (κ3) is 77.9. The van der Waals surface area contributed by atoms with E-state index in [9.17, 15) is 19.0 Å². The average molecular weight is 1340 g/mol. The Kier molecular flexibility index (Phi) is 71.7. The molecule has 0 saturated carbocycles. The number of ether oxygens (including phenoxy) is 2. The quantitative estimate of drug-likeness (QED) is 0.0195. The van der Waals surface area contributed by atoms with E-state index in [1.165, 1.54) is 257 Å². The van der Waals surface area contributed by atoms with Crippen LogP contribution >= 0.6 is 7.82 Å². The van der Waals surface area contributed by atoms with Gasteiger partial charge < -0.3 is 27.9 Å². The minimum Gasteiger partial charge on any atom is -0.756 e. The summed E-state index contributed by atoms with van der Waals surface area (Å²) in [5.41, 5.74) is 0. The summed E-state index contributed by atoms with van der Waals surface area (Å²) >= 11 is 0. The van der Waals surface area contributed by atoms with Gasteiger partial charge in [-0.25, -0.2) is 0 Å². The van der Waals surface area contributed by atoms with Gasteiger partial charge in [0.15, 0.2) is 6.10 Å². The van der Waals surface area contributed by atoms with E-state index in [-0.39, 0.29) is 32.0 Å². The smallest absolute Gasteiger partial charge is 0.306 e. The van der Waals surface area contributed by atoms with Crippen molar-refractivity contribution in [2.45, 2.75) is 380 Å². The van der Waals surface area contributed by atoms with Gasteiger partial charge in [-0.3, -0.25) is 14.2 Å². The van der Waals surface area contributed by atoms with E-state index in [1.807, 2.05) is 21.1 Å². The van der Waals surface area contributed by atoms with E-state index in [2.05, 4.69) is 111 Å². The molecule has 0 amide bonds. The zero-order valence-corrected chi connectivity index (χ0v) is 63.3. The Morgan fingerprint density at radius 2 is 0.574 bits per heavy atom. The SMILES string of the molecule is CC/C=C\C/C=C\C/C=C\C/C=C\CCCCCCCCCCCCCCCCCCCCCCCCCCCCC(=O)OC(COC(=O)CCCCCCCCCCCCCCCCCCCC/C=C\C/C=C\C/C=C\C/C=C\CC)COP(=O)([O-])OCC[N+](C)(C)C. The Balaban J connectivity index is 3.91. The summed E-state index contributed by atoms with van der Waals surface area (Å²) in [5.74, 6) is -0.815. The van der Waals surface area contributed by atoms with Gasteiger partial charge >= 0.3 is 11.9 Å². The summed E-state index contributed by atoms with van der Waals surface area (Å²) < 4.78 is 34.4. The predicted molar refractivity (Wildman–Crippen MR) is 406 cm³/mol. The lowest BCUT2D eigenvalue weighted by molar-refractivity contribution is -0.870. The molecule has 0 spiro atoms. The first kappa shape index (κ1) is 90.9. The van der Waals surface area contributed by atoms with Gasteiger partial charge in [0.2, 0.25) is 0 Å². The van der Waals surface area contributed by atoms with Gasteiger partial charge in [-0.05, 0) is 89.9 Å². The fraction of sp³-hybridized carbons (Fsp3) is 0.786. The van der Waals surface area contributed by atoms with E-state index >= 15 is 0 Å². The van der Waals surface area contributed by atoms with E-state index in [1.54, 1.807) is 0 Å². The van der Waals surface area contributed by atoms with Crippen molar-refractivity contribution in [1.29, 1.82) is 0 Å². The zero-order valence-electron chi connectivity index (χ0n) is 62.4. The summed E-state index contributed by atoms with van der Waals surface area (Å²) in [7, 11) is 1.18. The molecule has 0 rings (SSSR count). The van der Waals surface area contributed by atoms with Crippen molar-refractivity contribution in [3.05, 3.63) is 97.2 Å². The molecule has 9 nitrogen and oxygen atoms in total. The van der Waals surface area contributed by atoms with Crippen LogP contribution in [0.2, 0.25) is 0 Å². The summed E-state index contributed by atoms with van der Waals surface area (Å²) in [5, 5.41) is 0. The van der Waals surface area contributed by atoms with Crippen LogP contribution in [0.15, 0.2) is 97.2 Å². The molecule has 10 heteroatoms. The van der Waals surface area contributed by atoms with E-state index in [4.69, 9.17) is 18.5 Å². The molecule has 2 unspecified atom stereocenters. The number of quaternary nitrogens is 1. The number of unbranched alkanes of at least 4 members (excludes halogenated alkanes) is 44. The van der Waals surface area contributed by atoms with Gasteiger partial charge in [-0.2, -0.15) is 0 Å². The number of hydrogen-bond acceptors (Lipinski definition) is 8. The Hall–Kier alpha value is -3.07. The van der Waals surface area contributed by atoms with Gasteiger partial charge in [-0.1, -0.05) is 368 Å². The van der Waals surface area contributed by atoms with Gasteiger partial charge in [0.25, 0.3) is 7.82 Å². The van der Waals surface area contributed by atoms with Gasteiger partial charge in [0, 0.05) is 12.8 Å². The first-order valence-corrected chi connectivity index (χ1v) is 41.4. The number of rotatable bonds is 74. The maximum Gasteiger partial charge on any atom is 0.306 e. The van der Waals surface area contributed by atoms with Crippen LogP contribution in [0.1, 0.15) is 373 Å².